The molecule has 0 heterocycles. The minimum Gasteiger partial charge on any atom is -0.389 e. The molecule has 0 fully saturated rings. The molecule has 0 aliphatic carbocycles. The first kappa shape index (κ1) is 16.7. The number of aliphatic hydroxyl groups excluding tert-OH is 1. The van der Waals surface area contributed by atoms with Crippen molar-refractivity contribution in [3.05, 3.63) is 65.2 Å². The van der Waals surface area contributed by atoms with E-state index in [0.29, 0.717) is 17.8 Å². The number of aliphatic hydroxyl groups is 1. The van der Waals surface area contributed by atoms with Crippen LogP contribution in [-0.2, 0) is 6.54 Å². The fourth-order valence-corrected chi connectivity index (χ4v) is 2.09. The van der Waals surface area contributed by atoms with Crippen LogP contribution in [0.1, 0.15) is 41.4 Å². The Hall–Kier alpha value is -2.66. The van der Waals surface area contributed by atoms with Gasteiger partial charge in [0.25, 0.3) is 0 Å². The van der Waals surface area contributed by atoms with Crippen LogP contribution >= 0.6 is 0 Å². The fraction of sp³-hybridized carbons (Fsp3) is 0.222. The van der Waals surface area contributed by atoms with Gasteiger partial charge in [0, 0.05) is 17.8 Å². The molecular weight excluding hydrogens is 292 g/mol. The molecule has 2 amide bonds. The Morgan fingerprint density at radius 1 is 1.13 bits per heavy atom. The molecule has 0 aliphatic rings. The van der Waals surface area contributed by atoms with Crippen molar-refractivity contribution in [1.82, 2.24) is 5.32 Å². The normalized spacial score (nSPS) is 11.6. The van der Waals surface area contributed by atoms with E-state index in [1.54, 1.807) is 31.2 Å². The van der Waals surface area contributed by atoms with Gasteiger partial charge in [-0.3, -0.25) is 4.79 Å². The summed E-state index contributed by atoms with van der Waals surface area (Å²) in [6, 6.07) is 13.8. The van der Waals surface area contributed by atoms with Crippen LogP contribution in [0.5, 0.6) is 0 Å². The first-order valence-corrected chi connectivity index (χ1v) is 7.38. The maximum Gasteiger partial charge on any atom is 0.319 e. The molecule has 23 heavy (non-hydrogen) atoms. The van der Waals surface area contributed by atoms with Crippen LogP contribution in [0.25, 0.3) is 0 Å². The predicted octanol–water partition coefficient (Wildman–Crippen LogP) is 3.26. The van der Waals surface area contributed by atoms with Gasteiger partial charge in [-0.15, -0.1) is 0 Å². The van der Waals surface area contributed by atoms with Gasteiger partial charge >= 0.3 is 6.03 Å². The van der Waals surface area contributed by atoms with Crippen molar-refractivity contribution in [2.75, 3.05) is 5.32 Å². The van der Waals surface area contributed by atoms with Crippen molar-refractivity contribution < 1.29 is 14.7 Å². The van der Waals surface area contributed by atoms with Crippen LogP contribution in [0, 0.1) is 0 Å². The molecule has 0 radical (unpaired) electrons. The highest BCUT2D eigenvalue weighted by Crippen LogP contribution is 2.13. The Kier molecular flexibility index (Phi) is 5.49. The van der Waals surface area contributed by atoms with Gasteiger partial charge in [0.15, 0.2) is 5.78 Å². The molecule has 120 valence electrons. The van der Waals surface area contributed by atoms with Crippen LogP contribution in [-0.4, -0.2) is 16.9 Å². The van der Waals surface area contributed by atoms with Crippen LogP contribution in [0.15, 0.2) is 48.5 Å². The lowest BCUT2D eigenvalue weighted by Gasteiger charge is -2.09. The number of amides is 2. The number of urea groups is 1. The van der Waals surface area contributed by atoms with Gasteiger partial charge in [0.1, 0.15) is 0 Å². The van der Waals surface area contributed by atoms with Gasteiger partial charge in [0.2, 0.25) is 0 Å². The molecule has 1 atom stereocenters. The number of hydrogen-bond acceptors (Lipinski definition) is 3. The fourth-order valence-electron chi connectivity index (χ4n) is 2.09. The van der Waals surface area contributed by atoms with Crippen molar-refractivity contribution in [2.45, 2.75) is 26.5 Å². The van der Waals surface area contributed by atoms with E-state index in [0.717, 1.165) is 11.1 Å². The van der Waals surface area contributed by atoms with Crippen LogP contribution in [0.3, 0.4) is 0 Å². The van der Waals surface area contributed by atoms with Gasteiger partial charge in [-0.2, -0.15) is 0 Å². The summed E-state index contributed by atoms with van der Waals surface area (Å²) < 4.78 is 0. The monoisotopic (exact) mass is 312 g/mol. The number of ketones is 1. The summed E-state index contributed by atoms with van der Waals surface area (Å²) in [4.78, 5) is 23.2. The summed E-state index contributed by atoms with van der Waals surface area (Å²) in [5.41, 5.74) is 2.89. The lowest BCUT2D eigenvalue weighted by molar-refractivity contribution is 0.101. The van der Waals surface area contributed by atoms with E-state index in [1.165, 1.54) is 6.92 Å². The molecule has 2 aromatic carbocycles. The van der Waals surface area contributed by atoms with Gasteiger partial charge in [-0.05, 0) is 37.1 Å². The second-order valence-corrected chi connectivity index (χ2v) is 5.36. The van der Waals surface area contributed by atoms with E-state index in [4.69, 9.17) is 0 Å². The third kappa shape index (κ3) is 4.93. The quantitative estimate of drug-likeness (QED) is 0.741. The Bertz CT molecular complexity index is 694. The summed E-state index contributed by atoms with van der Waals surface area (Å²) in [5, 5.41) is 14.9. The van der Waals surface area contributed by atoms with Crippen molar-refractivity contribution in [1.29, 1.82) is 0 Å². The summed E-state index contributed by atoms with van der Waals surface area (Å²) >= 11 is 0. The van der Waals surface area contributed by atoms with E-state index in [2.05, 4.69) is 10.6 Å². The molecule has 5 nitrogen and oxygen atoms in total. The number of rotatable bonds is 5. The smallest absolute Gasteiger partial charge is 0.319 e. The zero-order valence-corrected chi connectivity index (χ0v) is 13.2. The standard InChI is InChI=1S/C18H20N2O3/c1-12(21)15-8-6-14(7-9-15)11-19-18(23)20-17-5-3-4-16(10-17)13(2)22/h3-10,12,21H,11H2,1-2H3,(H2,19,20,23). The molecule has 1 unspecified atom stereocenters. The maximum absolute atomic E-state index is 11.9. The lowest BCUT2D eigenvalue weighted by Crippen LogP contribution is -2.28. The van der Waals surface area contributed by atoms with Gasteiger partial charge in [-0.25, -0.2) is 4.79 Å². The molecule has 2 aromatic rings. The second kappa shape index (κ2) is 7.56. The Labute approximate surface area is 135 Å². The molecule has 0 spiro atoms. The van der Waals surface area contributed by atoms with Crippen molar-refractivity contribution >= 4 is 17.5 Å². The van der Waals surface area contributed by atoms with Crippen molar-refractivity contribution in [3.63, 3.8) is 0 Å². The Balaban J connectivity index is 1.90. The second-order valence-electron chi connectivity index (χ2n) is 5.36. The third-order valence-electron chi connectivity index (χ3n) is 3.44. The summed E-state index contributed by atoms with van der Waals surface area (Å²) in [6.45, 7) is 3.56. The minimum atomic E-state index is -0.506. The van der Waals surface area contributed by atoms with Gasteiger partial charge in [-0.1, -0.05) is 36.4 Å². The molecule has 0 saturated heterocycles. The van der Waals surface area contributed by atoms with Gasteiger partial charge < -0.3 is 15.7 Å². The maximum atomic E-state index is 11.9. The zero-order chi connectivity index (χ0) is 16.8. The first-order chi connectivity index (χ1) is 11.0. The van der Waals surface area contributed by atoms with E-state index in [1.807, 2.05) is 24.3 Å². The predicted molar refractivity (Wildman–Crippen MR) is 89.4 cm³/mol. The molecule has 0 aromatic heterocycles. The van der Waals surface area contributed by atoms with E-state index in [-0.39, 0.29) is 11.8 Å². The summed E-state index contributed by atoms with van der Waals surface area (Å²) in [5.74, 6) is -0.0488. The number of carbonyl (C=O) groups is 2. The molecule has 3 N–H and O–H groups in total. The summed E-state index contributed by atoms with van der Waals surface area (Å²) in [6.07, 6.45) is -0.506. The van der Waals surface area contributed by atoms with Crippen LogP contribution in [0.2, 0.25) is 0 Å². The highest BCUT2D eigenvalue weighted by atomic mass is 16.3. The number of carbonyl (C=O) groups excluding carboxylic acids is 2. The van der Waals surface area contributed by atoms with E-state index in [9.17, 15) is 14.7 Å². The first-order valence-electron chi connectivity index (χ1n) is 7.38. The number of nitrogens with one attached hydrogen (secondary N) is 2. The highest BCUT2D eigenvalue weighted by molar-refractivity contribution is 5.96. The van der Waals surface area contributed by atoms with Crippen LogP contribution in [0.4, 0.5) is 10.5 Å². The Morgan fingerprint density at radius 2 is 1.83 bits per heavy atom. The molecule has 0 bridgehead atoms. The average Bonchev–Trinajstić information content (AvgIpc) is 2.53. The largest absolute Gasteiger partial charge is 0.389 e. The van der Waals surface area contributed by atoms with Crippen LogP contribution < -0.4 is 10.6 Å². The minimum absolute atomic E-state index is 0.0488. The molecule has 0 saturated carbocycles. The topological polar surface area (TPSA) is 78.4 Å². The molecular formula is C18H20N2O3. The lowest BCUT2D eigenvalue weighted by atomic mass is 10.1. The molecule has 0 aliphatic heterocycles. The number of Topliss-reactive ketones (excluding diaryl/α,β-unsaturated/α-hetero) is 1. The number of anilines is 1. The van der Waals surface area contributed by atoms with Crippen molar-refractivity contribution in [2.24, 2.45) is 0 Å². The number of benzene rings is 2. The third-order valence-corrected chi connectivity index (χ3v) is 3.44. The molecule has 5 heteroatoms. The summed E-state index contributed by atoms with van der Waals surface area (Å²) in [7, 11) is 0. The molecule has 2 rings (SSSR count). The SMILES string of the molecule is CC(=O)c1cccc(NC(=O)NCc2ccc(C(C)O)cc2)c1. The zero-order valence-electron chi connectivity index (χ0n) is 13.2. The number of hydrogen-bond donors (Lipinski definition) is 3. The van der Waals surface area contributed by atoms with Gasteiger partial charge in [0.05, 0.1) is 6.10 Å². The average molecular weight is 312 g/mol. The van der Waals surface area contributed by atoms with E-state index < -0.39 is 6.10 Å². The van der Waals surface area contributed by atoms with Crippen molar-refractivity contribution in [3.8, 4) is 0 Å². The Morgan fingerprint density at radius 3 is 2.43 bits per heavy atom. The highest BCUT2D eigenvalue weighted by Gasteiger charge is 2.05. The van der Waals surface area contributed by atoms with E-state index >= 15 is 0 Å².